The third-order valence-electron chi connectivity index (χ3n) is 3.03. The molecule has 0 aromatic heterocycles. The van der Waals surface area contributed by atoms with Gasteiger partial charge in [-0.25, -0.2) is 0 Å². The highest BCUT2D eigenvalue weighted by molar-refractivity contribution is 6.37. The Kier molecular flexibility index (Phi) is 4.30. The fourth-order valence-corrected chi connectivity index (χ4v) is 2.68. The highest BCUT2D eigenvalue weighted by Gasteiger charge is 2.20. The van der Waals surface area contributed by atoms with Gasteiger partial charge in [0.25, 0.3) is 5.69 Å². The van der Waals surface area contributed by atoms with Crippen molar-refractivity contribution in [2.45, 2.75) is 38.2 Å². The van der Waals surface area contributed by atoms with Crippen LogP contribution in [0.5, 0.6) is 5.75 Å². The first-order chi connectivity index (χ1) is 8.58. The van der Waals surface area contributed by atoms with E-state index in [2.05, 4.69) is 0 Å². The average molecular weight is 290 g/mol. The predicted octanol–water partition coefficient (Wildman–Crippen LogP) is 4.61. The van der Waals surface area contributed by atoms with Crippen molar-refractivity contribution in [3.63, 3.8) is 0 Å². The molecule has 0 spiro atoms. The summed E-state index contributed by atoms with van der Waals surface area (Å²) in [6.07, 6.45) is 5.55. The van der Waals surface area contributed by atoms with Crippen LogP contribution >= 0.6 is 23.2 Å². The molecule has 0 radical (unpaired) electrons. The van der Waals surface area contributed by atoms with E-state index in [0.29, 0.717) is 5.75 Å². The number of benzene rings is 1. The summed E-state index contributed by atoms with van der Waals surface area (Å²) in [5.41, 5.74) is -0.124. The number of halogens is 2. The van der Waals surface area contributed by atoms with Crippen molar-refractivity contribution < 1.29 is 9.66 Å². The number of non-ortho nitro benzene ring substituents is 1. The van der Waals surface area contributed by atoms with Gasteiger partial charge >= 0.3 is 0 Å². The third kappa shape index (κ3) is 3.06. The van der Waals surface area contributed by atoms with E-state index in [4.69, 9.17) is 27.9 Å². The molecule has 0 N–H and O–H groups in total. The number of nitro benzene ring substituents is 1. The Labute approximate surface area is 115 Å². The number of nitrogens with zero attached hydrogens (tertiary/aromatic N) is 1. The van der Waals surface area contributed by atoms with E-state index in [-0.39, 0.29) is 21.8 Å². The molecule has 4 nitrogen and oxygen atoms in total. The minimum absolute atomic E-state index is 0.107. The predicted molar refractivity (Wildman–Crippen MR) is 70.6 cm³/mol. The lowest BCUT2D eigenvalue weighted by atomic mass is 9.98. The SMILES string of the molecule is O=[N+]([O-])c1cc(Cl)c(OC2CCCCC2)c(Cl)c1. The highest BCUT2D eigenvalue weighted by Crippen LogP contribution is 2.38. The molecular formula is C12H13Cl2NO3. The molecule has 2 rings (SSSR count). The summed E-state index contributed by atoms with van der Waals surface area (Å²) in [6, 6.07) is 2.54. The Balaban J connectivity index is 2.19. The van der Waals surface area contributed by atoms with Crippen LogP contribution in [0, 0.1) is 10.1 Å². The Bertz CT molecular complexity index is 436. The number of nitro groups is 1. The average Bonchev–Trinajstić information content (AvgIpc) is 2.34. The van der Waals surface area contributed by atoms with E-state index in [0.717, 1.165) is 25.7 Å². The first kappa shape index (κ1) is 13.4. The summed E-state index contributed by atoms with van der Waals surface area (Å²) in [5, 5.41) is 11.0. The van der Waals surface area contributed by atoms with Gasteiger partial charge in [-0.2, -0.15) is 0 Å². The molecular weight excluding hydrogens is 277 g/mol. The lowest BCUT2D eigenvalue weighted by molar-refractivity contribution is -0.384. The number of hydrogen-bond donors (Lipinski definition) is 0. The molecule has 0 heterocycles. The Morgan fingerprint density at radius 2 is 1.72 bits per heavy atom. The maximum absolute atomic E-state index is 10.7. The van der Waals surface area contributed by atoms with Crippen molar-refractivity contribution in [1.82, 2.24) is 0 Å². The van der Waals surface area contributed by atoms with Crippen LogP contribution < -0.4 is 4.74 Å². The van der Waals surface area contributed by atoms with Gasteiger partial charge in [0.2, 0.25) is 0 Å². The molecule has 1 fully saturated rings. The van der Waals surface area contributed by atoms with Crippen molar-refractivity contribution in [3.05, 3.63) is 32.3 Å². The van der Waals surface area contributed by atoms with E-state index in [1.807, 2.05) is 0 Å². The lowest BCUT2D eigenvalue weighted by Gasteiger charge is -2.23. The molecule has 0 unspecified atom stereocenters. The Hall–Kier alpha value is -1.00. The van der Waals surface area contributed by atoms with Gasteiger partial charge in [-0.3, -0.25) is 10.1 Å². The zero-order chi connectivity index (χ0) is 13.1. The lowest BCUT2D eigenvalue weighted by Crippen LogP contribution is -2.20. The van der Waals surface area contributed by atoms with Crippen LogP contribution in [-0.2, 0) is 0 Å². The van der Waals surface area contributed by atoms with Crippen LogP contribution in [0.15, 0.2) is 12.1 Å². The minimum Gasteiger partial charge on any atom is -0.487 e. The Morgan fingerprint density at radius 1 is 1.17 bits per heavy atom. The van der Waals surface area contributed by atoms with Gasteiger partial charge in [-0.1, -0.05) is 29.6 Å². The molecule has 0 aliphatic heterocycles. The van der Waals surface area contributed by atoms with Gasteiger partial charge in [0.15, 0.2) is 5.75 Å². The first-order valence-electron chi connectivity index (χ1n) is 5.88. The normalized spacial score (nSPS) is 16.6. The van der Waals surface area contributed by atoms with E-state index in [1.54, 1.807) is 0 Å². The highest BCUT2D eigenvalue weighted by atomic mass is 35.5. The van der Waals surface area contributed by atoms with Crippen LogP contribution in [0.2, 0.25) is 10.0 Å². The molecule has 1 aromatic carbocycles. The van der Waals surface area contributed by atoms with Crippen LogP contribution in [0.4, 0.5) is 5.69 Å². The topological polar surface area (TPSA) is 52.4 Å². The van der Waals surface area contributed by atoms with Gasteiger partial charge < -0.3 is 4.74 Å². The second kappa shape index (κ2) is 5.76. The van der Waals surface area contributed by atoms with E-state index in [1.165, 1.54) is 18.6 Å². The summed E-state index contributed by atoms with van der Waals surface area (Å²) in [4.78, 5) is 10.1. The van der Waals surface area contributed by atoms with Crippen LogP contribution in [-0.4, -0.2) is 11.0 Å². The number of rotatable bonds is 3. The van der Waals surface area contributed by atoms with Crippen molar-refractivity contribution in [2.24, 2.45) is 0 Å². The molecule has 0 amide bonds. The summed E-state index contributed by atoms with van der Waals surface area (Å²) in [6.45, 7) is 0. The van der Waals surface area contributed by atoms with Crippen LogP contribution in [0.25, 0.3) is 0 Å². The van der Waals surface area contributed by atoms with Gasteiger partial charge in [-0.05, 0) is 25.7 Å². The van der Waals surface area contributed by atoms with E-state index < -0.39 is 4.92 Å². The number of hydrogen-bond acceptors (Lipinski definition) is 3. The smallest absolute Gasteiger partial charge is 0.272 e. The van der Waals surface area contributed by atoms with Gasteiger partial charge in [-0.15, -0.1) is 0 Å². The van der Waals surface area contributed by atoms with Gasteiger partial charge in [0, 0.05) is 12.1 Å². The largest absolute Gasteiger partial charge is 0.487 e. The second-order valence-corrected chi connectivity index (χ2v) is 5.19. The van der Waals surface area contributed by atoms with Crippen LogP contribution in [0.3, 0.4) is 0 Å². The molecule has 0 atom stereocenters. The fraction of sp³-hybridized carbons (Fsp3) is 0.500. The quantitative estimate of drug-likeness (QED) is 0.603. The maximum Gasteiger partial charge on any atom is 0.272 e. The standard InChI is InChI=1S/C12H13Cl2NO3/c13-10-6-8(15(16)17)7-11(14)12(10)18-9-4-2-1-3-5-9/h6-7,9H,1-5H2. The van der Waals surface area contributed by atoms with Gasteiger partial charge in [0.1, 0.15) is 0 Å². The van der Waals surface area contributed by atoms with Crippen molar-refractivity contribution in [3.8, 4) is 5.75 Å². The summed E-state index contributed by atoms with van der Waals surface area (Å²) in [5.74, 6) is 0.357. The monoisotopic (exact) mass is 289 g/mol. The summed E-state index contributed by atoms with van der Waals surface area (Å²) >= 11 is 12.0. The fourth-order valence-electron chi connectivity index (χ4n) is 2.11. The zero-order valence-electron chi connectivity index (χ0n) is 9.70. The molecule has 6 heteroatoms. The van der Waals surface area contributed by atoms with E-state index in [9.17, 15) is 10.1 Å². The number of ether oxygens (including phenoxy) is 1. The molecule has 1 aliphatic carbocycles. The molecule has 1 aromatic rings. The van der Waals surface area contributed by atoms with Crippen molar-refractivity contribution >= 4 is 28.9 Å². The summed E-state index contributed by atoms with van der Waals surface area (Å²) in [7, 11) is 0. The van der Waals surface area contributed by atoms with Crippen molar-refractivity contribution in [1.29, 1.82) is 0 Å². The van der Waals surface area contributed by atoms with E-state index >= 15 is 0 Å². The van der Waals surface area contributed by atoms with Gasteiger partial charge in [0.05, 0.1) is 21.1 Å². The first-order valence-corrected chi connectivity index (χ1v) is 6.63. The summed E-state index contributed by atoms with van der Waals surface area (Å²) < 4.78 is 5.77. The molecule has 1 aliphatic rings. The van der Waals surface area contributed by atoms with Crippen LogP contribution in [0.1, 0.15) is 32.1 Å². The maximum atomic E-state index is 10.7. The minimum atomic E-state index is -0.526. The zero-order valence-corrected chi connectivity index (χ0v) is 11.2. The molecule has 18 heavy (non-hydrogen) atoms. The second-order valence-electron chi connectivity index (χ2n) is 4.37. The Morgan fingerprint density at radius 3 is 2.22 bits per heavy atom. The third-order valence-corrected chi connectivity index (χ3v) is 3.59. The molecule has 1 saturated carbocycles. The molecule has 0 bridgehead atoms. The molecule has 0 saturated heterocycles. The molecule has 98 valence electrons. The van der Waals surface area contributed by atoms with Crippen molar-refractivity contribution in [2.75, 3.05) is 0 Å².